The van der Waals surface area contributed by atoms with Crippen molar-refractivity contribution in [2.75, 3.05) is 0 Å². The van der Waals surface area contributed by atoms with Crippen molar-refractivity contribution >= 4 is 22.7 Å². The van der Waals surface area contributed by atoms with Crippen molar-refractivity contribution in [3.05, 3.63) is 38.5 Å². The zero-order chi connectivity index (χ0) is 11.5. The zero-order valence-corrected chi connectivity index (χ0v) is 11.4. The van der Waals surface area contributed by atoms with Crippen LogP contribution in [0.5, 0.6) is 0 Å². The molecular formula is C12H16N2S2. The van der Waals surface area contributed by atoms with Crippen LogP contribution < -0.4 is 5.32 Å². The molecule has 0 fully saturated rings. The van der Waals surface area contributed by atoms with Gasteiger partial charge in [0.05, 0.1) is 11.2 Å². The van der Waals surface area contributed by atoms with Gasteiger partial charge in [0.25, 0.3) is 0 Å². The Bertz CT molecular complexity index is 434. The molecule has 0 spiro atoms. The molecule has 16 heavy (non-hydrogen) atoms. The van der Waals surface area contributed by atoms with Gasteiger partial charge in [0.1, 0.15) is 0 Å². The van der Waals surface area contributed by atoms with E-state index in [0.29, 0.717) is 12.1 Å². The van der Waals surface area contributed by atoms with E-state index in [1.807, 2.05) is 5.51 Å². The quantitative estimate of drug-likeness (QED) is 0.892. The molecule has 0 aliphatic heterocycles. The predicted octanol–water partition coefficient (Wildman–Crippen LogP) is 3.92. The van der Waals surface area contributed by atoms with Crippen LogP contribution in [-0.4, -0.2) is 4.98 Å². The smallest absolute Gasteiger partial charge is 0.0798 e. The van der Waals surface area contributed by atoms with E-state index >= 15 is 0 Å². The van der Waals surface area contributed by atoms with Crippen molar-refractivity contribution in [3.8, 4) is 0 Å². The van der Waals surface area contributed by atoms with Crippen molar-refractivity contribution < 1.29 is 0 Å². The number of aryl methyl sites for hydroxylation is 1. The Balaban J connectivity index is 2.03. The van der Waals surface area contributed by atoms with Crippen LogP contribution in [0.15, 0.2) is 23.0 Å². The molecule has 0 aliphatic rings. The first-order valence-electron chi connectivity index (χ1n) is 5.38. The summed E-state index contributed by atoms with van der Waals surface area (Å²) in [4.78, 5) is 7.01. The Morgan fingerprint density at radius 1 is 1.25 bits per heavy atom. The van der Waals surface area contributed by atoms with Gasteiger partial charge in [-0.2, -0.15) is 0 Å². The average Bonchev–Trinajstić information content (AvgIpc) is 2.86. The summed E-state index contributed by atoms with van der Waals surface area (Å²) < 4.78 is 0. The largest absolute Gasteiger partial charge is 0.302 e. The van der Waals surface area contributed by atoms with Gasteiger partial charge in [-0.3, -0.25) is 0 Å². The molecular weight excluding hydrogens is 236 g/mol. The highest BCUT2D eigenvalue weighted by molar-refractivity contribution is 7.10. The average molecular weight is 252 g/mol. The molecule has 0 radical (unpaired) electrons. The SMILES string of the molecule is Cc1ncsc1C(C)N[C@@H](C)c1cccs1. The highest BCUT2D eigenvalue weighted by atomic mass is 32.1. The minimum atomic E-state index is 0.365. The predicted molar refractivity (Wildman–Crippen MR) is 71.1 cm³/mol. The van der Waals surface area contributed by atoms with E-state index in [9.17, 15) is 0 Å². The number of nitrogens with zero attached hydrogens (tertiary/aromatic N) is 1. The van der Waals surface area contributed by atoms with Gasteiger partial charge in [-0.05, 0) is 32.2 Å². The van der Waals surface area contributed by atoms with Gasteiger partial charge in [0, 0.05) is 21.8 Å². The highest BCUT2D eigenvalue weighted by Crippen LogP contribution is 2.26. The molecule has 1 unspecified atom stereocenters. The summed E-state index contributed by atoms with van der Waals surface area (Å²) in [6.07, 6.45) is 0. The monoisotopic (exact) mass is 252 g/mol. The summed E-state index contributed by atoms with van der Waals surface area (Å²) in [5.41, 5.74) is 3.06. The third-order valence-corrected chi connectivity index (χ3v) is 4.81. The Hall–Kier alpha value is -0.710. The van der Waals surface area contributed by atoms with Crippen LogP contribution in [0.3, 0.4) is 0 Å². The number of rotatable bonds is 4. The van der Waals surface area contributed by atoms with Crippen molar-refractivity contribution in [2.24, 2.45) is 0 Å². The second-order valence-corrected chi connectivity index (χ2v) is 5.79. The van der Waals surface area contributed by atoms with Gasteiger partial charge >= 0.3 is 0 Å². The normalized spacial score (nSPS) is 14.9. The number of nitrogens with one attached hydrogen (secondary N) is 1. The van der Waals surface area contributed by atoms with E-state index in [-0.39, 0.29) is 0 Å². The van der Waals surface area contributed by atoms with Crippen molar-refractivity contribution in [1.29, 1.82) is 0 Å². The molecule has 1 N–H and O–H groups in total. The van der Waals surface area contributed by atoms with E-state index in [1.165, 1.54) is 9.75 Å². The summed E-state index contributed by atoms with van der Waals surface area (Å²) in [5.74, 6) is 0. The van der Waals surface area contributed by atoms with E-state index in [0.717, 1.165) is 5.69 Å². The van der Waals surface area contributed by atoms with E-state index < -0.39 is 0 Å². The first-order chi connectivity index (χ1) is 7.68. The van der Waals surface area contributed by atoms with Crippen LogP contribution in [0.25, 0.3) is 0 Å². The number of hydrogen-bond acceptors (Lipinski definition) is 4. The van der Waals surface area contributed by atoms with Crippen LogP contribution in [-0.2, 0) is 0 Å². The topological polar surface area (TPSA) is 24.9 Å². The Kier molecular flexibility index (Phi) is 3.74. The van der Waals surface area contributed by atoms with Crippen molar-refractivity contribution in [1.82, 2.24) is 10.3 Å². The van der Waals surface area contributed by atoms with E-state index in [4.69, 9.17) is 0 Å². The molecule has 2 aromatic rings. The van der Waals surface area contributed by atoms with Crippen molar-refractivity contribution in [2.45, 2.75) is 32.9 Å². The number of hydrogen-bond donors (Lipinski definition) is 1. The summed E-state index contributed by atoms with van der Waals surface area (Å²) in [7, 11) is 0. The van der Waals surface area contributed by atoms with Crippen LogP contribution in [0.2, 0.25) is 0 Å². The lowest BCUT2D eigenvalue weighted by molar-refractivity contribution is 0.503. The molecule has 86 valence electrons. The first-order valence-corrected chi connectivity index (χ1v) is 7.14. The van der Waals surface area contributed by atoms with Crippen LogP contribution in [0.1, 0.15) is 41.4 Å². The molecule has 0 bridgehead atoms. The fourth-order valence-corrected chi connectivity index (χ4v) is 3.36. The summed E-state index contributed by atoms with van der Waals surface area (Å²) in [6.45, 7) is 6.48. The van der Waals surface area contributed by atoms with Crippen LogP contribution in [0, 0.1) is 6.92 Å². The fourth-order valence-electron chi connectivity index (χ4n) is 1.80. The molecule has 2 aromatic heterocycles. The van der Waals surface area contributed by atoms with Crippen LogP contribution >= 0.6 is 22.7 Å². The van der Waals surface area contributed by atoms with Gasteiger partial charge in [-0.1, -0.05) is 6.07 Å². The first kappa shape index (κ1) is 11.8. The van der Waals surface area contributed by atoms with E-state index in [1.54, 1.807) is 22.7 Å². The molecule has 2 nitrogen and oxygen atoms in total. The van der Waals surface area contributed by atoms with Crippen LogP contribution in [0.4, 0.5) is 0 Å². The lowest BCUT2D eigenvalue weighted by Crippen LogP contribution is -2.21. The lowest BCUT2D eigenvalue weighted by atomic mass is 10.2. The number of thiophene rings is 1. The number of aromatic nitrogens is 1. The van der Waals surface area contributed by atoms with Gasteiger partial charge in [0.15, 0.2) is 0 Å². The second kappa shape index (κ2) is 5.08. The molecule has 4 heteroatoms. The van der Waals surface area contributed by atoms with E-state index in [2.05, 4.69) is 48.6 Å². The highest BCUT2D eigenvalue weighted by Gasteiger charge is 2.14. The maximum absolute atomic E-state index is 4.29. The zero-order valence-electron chi connectivity index (χ0n) is 9.73. The Labute approximate surface area is 104 Å². The third kappa shape index (κ3) is 2.51. The molecule has 2 heterocycles. The Morgan fingerprint density at radius 3 is 2.62 bits per heavy atom. The van der Waals surface area contributed by atoms with Gasteiger partial charge in [0.2, 0.25) is 0 Å². The molecule has 0 saturated carbocycles. The maximum Gasteiger partial charge on any atom is 0.0798 e. The molecule has 0 aliphatic carbocycles. The summed E-state index contributed by atoms with van der Waals surface area (Å²) in [6, 6.07) is 5.04. The van der Waals surface area contributed by atoms with Crippen molar-refractivity contribution in [3.63, 3.8) is 0 Å². The maximum atomic E-state index is 4.29. The lowest BCUT2D eigenvalue weighted by Gasteiger charge is -2.18. The van der Waals surface area contributed by atoms with Gasteiger partial charge in [-0.15, -0.1) is 22.7 Å². The molecule has 2 rings (SSSR count). The minimum absolute atomic E-state index is 0.365. The molecule has 0 amide bonds. The standard InChI is InChI=1S/C12H16N2S2/c1-8(11-5-4-6-15-11)14-10(3)12-9(2)13-7-16-12/h4-8,10,14H,1-3H3/t8-,10?/m0/s1. The number of thiazole rings is 1. The van der Waals surface area contributed by atoms with Gasteiger partial charge < -0.3 is 5.32 Å². The third-order valence-electron chi connectivity index (χ3n) is 2.65. The fraction of sp³-hybridized carbons (Fsp3) is 0.417. The second-order valence-electron chi connectivity index (χ2n) is 3.93. The Morgan fingerprint density at radius 2 is 2.06 bits per heavy atom. The molecule has 0 saturated heterocycles. The summed E-state index contributed by atoms with van der Waals surface area (Å²) in [5, 5.41) is 5.73. The molecule has 2 atom stereocenters. The van der Waals surface area contributed by atoms with Gasteiger partial charge in [-0.25, -0.2) is 4.98 Å². The minimum Gasteiger partial charge on any atom is -0.302 e. The molecule has 0 aromatic carbocycles. The summed E-state index contributed by atoms with van der Waals surface area (Å²) >= 11 is 3.53.